The van der Waals surface area contributed by atoms with E-state index in [1.54, 1.807) is 13.2 Å². The highest BCUT2D eigenvalue weighted by atomic mass is 16.5. The van der Waals surface area contributed by atoms with Crippen LogP contribution in [0.2, 0.25) is 0 Å². The highest BCUT2D eigenvalue weighted by Gasteiger charge is 2.07. The smallest absolute Gasteiger partial charge is 0.189 e. The van der Waals surface area contributed by atoms with E-state index in [1.807, 2.05) is 18.2 Å². The molecule has 0 aliphatic carbocycles. The maximum absolute atomic E-state index is 12.0. The first-order valence-corrected chi connectivity index (χ1v) is 5.80. The Balaban J connectivity index is 2.66. The summed E-state index contributed by atoms with van der Waals surface area (Å²) in [5.74, 6) is 1.23. The van der Waals surface area contributed by atoms with Crippen LogP contribution in [0.1, 0.15) is 19.5 Å². The molecule has 1 N–H and O–H groups in total. The van der Waals surface area contributed by atoms with Crippen molar-refractivity contribution in [1.82, 2.24) is 4.98 Å². The van der Waals surface area contributed by atoms with Crippen LogP contribution in [-0.2, 0) is 6.42 Å². The molecule has 3 heteroatoms. The second kappa shape index (κ2) is 4.62. The van der Waals surface area contributed by atoms with Gasteiger partial charge < -0.3 is 9.72 Å². The van der Waals surface area contributed by atoms with Crippen molar-refractivity contribution in [2.24, 2.45) is 5.92 Å². The van der Waals surface area contributed by atoms with Gasteiger partial charge in [0.15, 0.2) is 5.43 Å². The van der Waals surface area contributed by atoms with Gasteiger partial charge in [-0.2, -0.15) is 0 Å². The molecule has 0 bridgehead atoms. The summed E-state index contributed by atoms with van der Waals surface area (Å²) in [6, 6.07) is 7.19. The van der Waals surface area contributed by atoms with Gasteiger partial charge >= 0.3 is 0 Å². The van der Waals surface area contributed by atoms with Gasteiger partial charge in [-0.25, -0.2) is 0 Å². The first-order valence-electron chi connectivity index (χ1n) is 5.80. The molecule has 17 heavy (non-hydrogen) atoms. The molecule has 0 amide bonds. The summed E-state index contributed by atoms with van der Waals surface area (Å²) >= 11 is 0. The van der Waals surface area contributed by atoms with Crippen LogP contribution in [-0.4, -0.2) is 12.1 Å². The fraction of sp³-hybridized carbons (Fsp3) is 0.357. The molecule has 0 spiro atoms. The molecule has 0 saturated heterocycles. The molecule has 0 unspecified atom stereocenters. The zero-order chi connectivity index (χ0) is 12.4. The molecule has 1 aromatic heterocycles. The molecule has 1 heterocycles. The van der Waals surface area contributed by atoms with Crippen LogP contribution in [0.15, 0.2) is 29.1 Å². The number of ether oxygens (including phenoxy) is 1. The van der Waals surface area contributed by atoms with Crippen molar-refractivity contribution in [2.45, 2.75) is 20.3 Å². The third-order valence-electron chi connectivity index (χ3n) is 2.73. The Hall–Kier alpha value is -1.77. The Kier molecular flexibility index (Phi) is 3.18. The number of hydrogen-bond donors (Lipinski definition) is 1. The Bertz CT molecular complexity index is 584. The highest BCUT2D eigenvalue weighted by Crippen LogP contribution is 2.21. The number of nitrogens with one attached hydrogen (secondary N) is 1. The second-order valence-electron chi connectivity index (χ2n) is 4.64. The Morgan fingerprint density at radius 1 is 1.35 bits per heavy atom. The lowest BCUT2D eigenvalue weighted by Gasteiger charge is -2.09. The maximum Gasteiger partial charge on any atom is 0.189 e. The van der Waals surface area contributed by atoms with Crippen molar-refractivity contribution in [1.29, 1.82) is 0 Å². The van der Waals surface area contributed by atoms with E-state index in [2.05, 4.69) is 18.8 Å². The van der Waals surface area contributed by atoms with Crippen LogP contribution >= 0.6 is 0 Å². The van der Waals surface area contributed by atoms with Gasteiger partial charge in [-0.15, -0.1) is 0 Å². The lowest BCUT2D eigenvalue weighted by Crippen LogP contribution is -2.08. The van der Waals surface area contributed by atoms with Crippen LogP contribution in [0.4, 0.5) is 0 Å². The van der Waals surface area contributed by atoms with Gasteiger partial charge in [0.1, 0.15) is 5.75 Å². The molecule has 3 nitrogen and oxygen atoms in total. The van der Waals surface area contributed by atoms with E-state index in [0.717, 1.165) is 17.6 Å². The summed E-state index contributed by atoms with van der Waals surface area (Å²) in [6.07, 6.45) is 0.864. The molecule has 0 saturated carbocycles. The summed E-state index contributed by atoms with van der Waals surface area (Å²) in [5.41, 5.74) is 1.80. The van der Waals surface area contributed by atoms with Gasteiger partial charge in [0.05, 0.1) is 12.6 Å². The largest absolute Gasteiger partial charge is 0.495 e. The topological polar surface area (TPSA) is 42.1 Å². The summed E-state index contributed by atoms with van der Waals surface area (Å²) in [4.78, 5) is 15.3. The monoisotopic (exact) mass is 231 g/mol. The van der Waals surface area contributed by atoms with E-state index in [4.69, 9.17) is 4.74 Å². The Labute approximate surface area is 100 Å². The summed E-state index contributed by atoms with van der Waals surface area (Å²) in [5, 5.41) is 0.678. The zero-order valence-corrected chi connectivity index (χ0v) is 10.4. The normalized spacial score (nSPS) is 11.1. The summed E-state index contributed by atoms with van der Waals surface area (Å²) < 4.78 is 5.27. The Morgan fingerprint density at radius 3 is 2.76 bits per heavy atom. The molecule has 0 fully saturated rings. The first kappa shape index (κ1) is 11.7. The molecule has 90 valence electrons. The maximum atomic E-state index is 12.0. The molecule has 2 rings (SSSR count). The summed E-state index contributed by atoms with van der Waals surface area (Å²) in [7, 11) is 1.61. The van der Waals surface area contributed by atoms with E-state index in [-0.39, 0.29) is 5.43 Å². The van der Waals surface area contributed by atoms with E-state index in [0.29, 0.717) is 17.1 Å². The number of benzene rings is 1. The number of hydrogen-bond acceptors (Lipinski definition) is 2. The average molecular weight is 231 g/mol. The van der Waals surface area contributed by atoms with E-state index >= 15 is 0 Å². The fourth-order valence-corrected chi connectivity index (χ4v) is 2.02. The van der Waals surface area contributed by atoms with E-state index in [1.165, 1.54) is 0 Å². The third-order valence-corrected chi connectivity index (χ3v) is 2.73. The molecular formula is C14H17NO2. The van der Waals surface area contributed by atoms with Crippen LogP contribution in [0.3, 0.4) is 0 Å². The van der Waals surface area contributed by atoms with Crippen molar-refractivity contribution < 1.29 is 4.74 Å². The van der Waals surface area contributed by atoms with Gasteiger partial charge in [0, 0.05) is 17.1 Å². The fourth-order valence-electron chi connectivity index (χ4n) is 2.02. The van der Waals surface area contributed by atoms with Gasteiger partial charge in [0.2, 0.25) is 0 Å². The van der Waals surface area contributed by atoms with Crippen molar-refractivity contribution in [3.63, 3.8) is 0 Å². The molecule has 0 aliphatic heterocycles. The standard InChI is InChI=1S/C14H17NO2/c1-9(2)7-10-8-12(16)11-5-4-6-13(17-3)14(11)15-10/h4-6,8-9H,7H2,1-3H3,(H,15,16). The number of rotatable bonds is 3. The molecule has 0 atom stereocenters. The zero-order valence-electron chi connectivity index (χ0n) is 10.4. The van der Waals surface area contributed by atoms with Crippen LogP contribution in [0.5, 0.6) is 5.75 Å². The number of para-hydroxylation sites is 1. The average Bonchev–Trinajstić information content (AvgIpc) is 2.27. The molecule has 0 aliphatic rings. The van der Waals surface area contributed by atoms with E-state index < -0.39 is 0 Å². The molecule has 1 aromatic carbocycles. The Morgan fingerprint density at radius 2 is 2.12 bits per heavy atom. The summed E-state index contributed by atoms with van der Waals surface area (Å²) in [6.45, 7) is 4.26. The number of aromatic amines is 1. The minimum atomic E-state index is 0.0494. The number of H-pyrrole nitrogens is 1. The quantitative estimate of drug-likeness (QED) is 0.882. The predicted octanol–water partition coefficient (Wildman–Crippen LogP) is 2.74. The number of pyridine rings is 1. The minimum Gasteiger partial charge on any atom is -0.495 e. The number of methoxy groups -OCH3 is 1. The lowest BCUT2D eigenvalue weighted by molar-refractivity contribution is 0.418. The lowest BCUT2D eigenvalue weighted by atomic mass is 10.1. The molecular weight excluding hydrogens is 214 g/mol. The van der Waals surface area contributed by atoms with Crippen LogP contribution in [0.25, 0.3) is 10.9 Å². The number of aromatic nitrogens is 1. The predicted molar refractivity (Wildman–Crippen MR) is 69.7 cm³/mol. The van der Waals surface area contributed by atoms with Gasteiger partial charge in [-0.3, -0.25) is 4.79 Å². The third kappa shape index (κ3) is 2.33. The van der Waals surface area contributed by atoms with Crippen molar-refractivity contribution in [2.75, 3.05) is 7.11 Å². The van der Waals surface area contributed by atoms with Crippen LogP contribution in [0, 0.1) is 5.92 Å². The van der Waals surface area contributed by atoms with Crippen molar-refractivity contribution >= 4 is 10.9 Å². The van der Waals surface area contributed by atoms with Gasteiger partial charge in [-0.1, -0.05) is 19.9 Å². The van der Waals surface area contributed by atoms with E-state index in [9.17, 15) is 4.79 Å². The van der Waals surface area contributed by atoms with Crippen LogP contribution < -0.4 is 10.2 Å². The first-order chi connectivity index (χ1) is 8.11. The second-order valence-corrected chi connectivity index (χ2v) is 4.64. The van der Waals surface area contributed by atoms with Crippen molar-refractivity contribution in [3.05, 3.63) is 40.2 Å². The van der Waals surface area contributed by atoms with Gasteiger partial charge in [-0.05, 0) is 24.5 Å². The SMILES string of the molecule is COc1cccc2c(=O)cc(CC(C)C)[nH]c12. The molecule has 2 aromatic rings. The number of fused-ring (bicyclic) bond motifs is 1. The van der Waals surface area contributed by atoms with Crippen molar-refractivity contribution in [3.8, 4) is 5.75 Å². The molecule has 0 radical (unpaired) electrons. The highest BCUT2D eigenvalue weighted by molar-refractivity contribution is 5.84. The van der Waals surface area contributed by atoms with Gasteiger partial charge in [0.25, 0.3) is 0 Å². The minimum absolute atomic E-state index is 0.0494.